The summed E-state index contributed by atoms with van der Waals surface area (Å²) in [5.74, 6) is -0.817. The van der Waals surface area contributed by atoms with Crippen molar-refractivity contribution < 1.29 is 14.3 Å². The van der Waals surface area contributed by atoms with Gasteiger partial charge in [-0.2, -0.15) is 5.26 Å². The number of carbonyl (C=O) groups is 2. The average Bonchev–Trinajstić information content (AvgIpc) is 3.10. The summed E-state index contributed by atoms with van der Waals surface area (Å²) < 4.78 is 4.80. The summed E-state index contributed by atoms with van der Waals surface area (Å²) in [7, 11) is 1.36. The smallest absolute Gasteiger partial charge is 0.309 e. The molecular formula is C20H27N3O3. The van der Waals surface area contributed by atoms with Crippen molar-refractivity contribution >= 4 is 11.9 Å². The summed E-state index contributed by atoms with van der Waals surface area (Å²) in [4.78, 5) is 26.3. The number of rotatable bonds is 8. The Labute approximate surface area is 155 Å². The van der Waals surface area contributed by atoms with Gasteiger partial charge in [0.05, 0.1) is 25.6 Å². The van der Waals surface area contributed by atoms with Crippen molar-refractivity contribution in [1.82, 2.24) is 10.2 Å². The van der Waals surface area contributed by atoms with Gasteiger partial charge >= 0.3 is 5.97 Å². The van der Waals surface area contributed by atoms with Gasteiger partial charge in [-0.15, -0.1) is 0 Å². The van der Waals surface area contributed by atoms with Gasteiger partial charge in [0.25, 0.3) is 0 Å². The minimum absolute atomic E-state index is 0.139. The molecule has 1 unspecified atom stereocenters. The Balaban J connectivity index is 2.03. The number of esters is 1. The highest BCUT2D eigenvalue weighted by Gasteiger charge is 2.35. The van der Waals surface area contributed by atoms with Gasteiger partial charge in [-0.25, -0.2) is 0 Å². The second kappa shape index (κ2) is 9.35. The maximum absolute atomic E-state index is 12.6. The largest absolute Gasteiger partial charge is 0.469 e. The second-order valence-corrected chi connectivity index (χ2v) is 7.03. The maximum atomic E-state index is 12.6. The predicted molar refractivity (Wildman–Crippen MR) is 97.9 cm³/mol. The molecule has 1 saturated carbocycles. The summed E-state index contributed by atoms with van der Waals surface area (Å²) in [5, 5.41) is 12.4. The van der Waals surface area contributed by atoms with Crippen LogP contribution in [0.25, 0.3) is 0 Å². The Morgan fingerprint density at radius 1 is 1.31 bits per heavy atom. The molecule has 0 spiro atoms. The number of nitrogens with zero attached hydrogens (tertiary/aromatic N) is 2. The number of hydrogen-bond donors (Lipinski definition) is 1. The lowest BCUT2D eigenvalue weighted by atomic mass is 10.00. The van der Waals surface area contributed by atoms with E-state index in [4.69, 9.17) is 4.74 Å². The molecule has 1 N–H and O–H groups in total. The van der Waals surface area contributed by atoms with E-state index in [0.29, 0.717) is 25.9 Å². The first-order chi connectivity index (χ1) is 12.5. The number of amides is 1. The van der Waals surface area contributed by atoms with Crippen LogP contribution in [0.15, 0.2) is 30.3 Å². The molecule has 6 heteroatoms. The van der Waals surface area contributed by atoms with E-state index in [9.17, 15) is 14.9 Å². The molecule has 1 amide bonds. The van der Waals surface area contributed by atoms with Crippen LogP contribution in [0.2, 0.25) is 0 Å². The summed E-state index contributed by atoms with van der Waals surface area (Å²) in [6.45, 7) is 2.89. The Bertz CT molecular complexity index is 648. The van der Waals surface area contributed by atoms with E-state index in [0.717, 1.165) is 18.4 Å². The fourth-order valence-corrected chi connectivity index (χ4v) is 3.44. The van der Waals surface area contributed by atoms with Crippen molar-refractivity contribution in [1.29, 1.82) is 5.26 Å². The third-order valence-electron chi connectivity index (χ3n) is 4.80. The van der Waals surface area contributed by atoms with Crippen molar-refractivity contribution in [3.8, 4) is 6.07 Å². The van der Waals surface area contributed by atoms with E-state index in [1.807, 2.05) is 35.2 Å². The van der Waals surface area contributed by atoms with E-state index in [2.05, 4.69) is 11.4 Å². The fraction of sp³-hybridized carbons (Fsp3) is 0.550. The zero-order valence-corrected chi connectivity index (χ0v) is 15.5. The van der Waals surface area contributed by atoms with Crippen LogP contribution in [-0.2, 0) is 20.9 Å². The highest BCUT2D eigenvalue weighted by Crippen LogP contribution is 2.28. The van der Waals surface area contributed by atoms with E-state index in [1.54, 1.807) is 6.92 Å². The predicted octanol–water partition coefficient (Wildman–Crippen LogP) is 2.25. The standard InChI is InChI=1S/C20H27N3O3/c1-16(19(25)26-2)12-23(13-17-8-4-3-5-9-17)14-18(24)22-20(15-21)10-6-7-11-20/h3-5,8-9,16H,6-7,10-14H2,1-2H3,(H,22,24). The molecule has 0 aromatic heterocycles. The van der Waals surface area contributed by atoms with Crippen molar-refractivity contribution in [2.24, 2.45) is 5.92 Å². The van der Waals surface area contributed by atoms with Crippen molar-refractivity contribution in [2.45, 2.75) is 44.7 Å². The Morgan fingerprint density at radius 2 is 1.96 bits per heavy atom. The first kappa shape index (κ1) is 19.9. The molecule has 0 aliphatic heterocycles. The molecular weight excluding hydrogens is 330 g/mol. The van der Waals surface area contributed by atoms with Crippen LogP contribution in [0.5, 0.6) is 0 Å². The third-order valence-corrected chi connectivity index (χ3v) is 4.80. The lowest BCUT2D eigenvalue weighted by Crippen LogP contribution is -2.49. The monoisotopic (exact) mass is 357 g/mol. The zero-order valence-electron chi connectivity index (χ0n) is 15.5. The summed E-state index contributed by atoms with van der Waals surface area (Å²) in [6.07, 6.45) is 3.32. The molecule has 6 nitrogen and oxygen atoms in total. The Hall–Kier alpha value is -2.39. The molecule has 0 heterocycles. The molecule has 1 aliphatic rings. The summed E-state index contributed by atoms with van der Waals surface area (Å²) in [6, 6.07) is 12.1. The minimum Gasteiger partial charge on any atom is -0.469 e. The zero-order chi connectivity index (χ0) is 19.0. The van der Waals surface area contributed by atoms with Gasteiger partial charge in [0.15, 0.2) is 0 Å². The Morgan fingerprint density at radius 3 is 2.54 bits per heavy atom. The first-order valence-electron chi connectivity index (χ1n) is 9.04. The highest BCUT2D eigenvalue weighted by molar-refractivity contribution is 5.79. The number of nitriles is 1. The molecule has 26 heavy (non-hydrogen) atoms. The maximum Gasteiger partial charge on any atom is 0.309 e. The van der Waals surface area contributed by atoms with Crippen molar-refractivity contribution in [2.75, 3.05) is 20.2 Å². The fourth-order valence-electron chi connectivity index (χ4n) is 3.44. The van der Waals surface area contributed by atoms with Gasteiger partial charge < -0.3 is 10.1 Å². The van der Waals surface area contributed by atoms with Crippen LogP contribution in [0.3, 0.4) is 0 Å². The summed E-state index contributed by atoms with van der Waals surface area (Å²) in [5.41, 5.74) is 0.331. The number of benzene rings is 1. The van der Waals surface area contributed by atoms with Crippen molar-refractivity contribution in [3.63, 3.8) is 0 Å². The quantitative estimate of drug-likeness (QED) is 0.722. The lowest BCUT2D eigenvalue weighted by Gasteiger charge is -2.27. The van der Waals surface area contributed by atoms with E-state index in [1.165, 1.54) is 7.11 Å². The number of carbonyl (C=O) groups excluding carboxylic acids is 2. The van der Waals surface area contributed by atoms with Crippen LogP contribution in [0.4, 0.5) is 0 Å². The minimum atomic E-state index is -0.733. The van der Waals surface area contributed by atoms with Gasteiger partial charge in [0.2, 0.25) is 5.91 Å². The topological polar surface area (TPSA) is 82.4 Å². The molecule has 1 aromatic rings. The van der Waals surface area contributed by atoms with Gasteiger partial charge in [0.1, 0.15) is 5.54 Å². The third kappa shape index (κ3) is 5.57. The SMILES string of the molecule is COC(=O)C(C)CN(CC(=O)NC1(C#N)CCCC1)Cc1ccccc1. The molecule has 0 radical (unpaired) electrons. The van der Waals surface area contributed by atoms with E-state index >= 15 is 0 Å². The van der Waals surface area contributed by atoms with Crippen LogP contribution in [0, 0.1) is 17.2 Å². The number of nitrogens with one attached hydrogen (secondary N) is 1. The molecule has 1 aromatic carbocycles. The van der Waals surface area contributed by atoms with Gasteiger partial charge in [-0.05, 0) is 31.2 Å². The normalized spacial score (nSPS) is 16.7. The second-order valence-electron chi connectivity index (χ2n) is 7.03. The van der Waals surface area contributed by atoms with Crippen LogP contribution in [-0.4, -0.2) is 42.5 Å². The molecule has 1 aliphatic carbocycles. The van der Waals surface area contributed by atoms with Crippen molar-refractivity contribution in [3.05, 3.63) is 35.9 Å². The van der Waals surface area contributed by atoms with E-state index in [-0.39, 0.29) is 24.3 Å². The van der Waals surface area contributed by atoms with Crippen LogP contribution in [0.1, 0.15) is 38.2 Å². The lowest BCUT2D eigenvalue weighted by molar-refractivity contribution is -0.146. The average molecular weight is 357 g/mol. The van der Waals surface area contributed by atoms with E-state index < -0.39 is 5.54 Å². The molecule has 2 rings (SSSR count). The van der Waals surface area contributed by atoms with Gasteiger partial charge in [-0.3, -0.25) is 14.5 Å². The molecule has 1 fully saturated rings. The van der Waals surface area contributed by atoms with Gasteiger partial charge in [0, 0.05) is 13.1 Å². The Kier molecular flexibility index (Phi) is 7.16. The number of hydrogen-bond acceptors (Lipinski definition) is 5. The van der Waals surface area contributed by atoms with Crippen LogP contribution >= 0.6 is 0 Å². The first-order valence-corrected chi connectivity index (χ1v) is 9.04. The number of methoxy groups -OCH3 is 1. The molecule has 0 saturated heterocycles. The van der Waals surface area contributed by atoms with Gasteiger partial charge in [-0.1, -0.05) is 37.3 Å². The molecule has 1 atom stereocenters. The molecule has 0 bridgehead atoms. The van der Waals surface area contributed by atoms with Crippen LogP contribution < -0.4 is 5.32 Å². The highest BCUT2D eigenvalue weighted by atomic mass is 16.5. The number of ether oxygens (including phenoxy) is 1. The summed E-state index contributed by atoms with van der Waals surface area (Å²) >= 11 is 0. The molecule has 140 valence electrons.